The standard InChI is InChI=1S/C47H32N2O2/c1-4-5-12-26-23-43(50)48-42-25-40-34(30-14-8-10-17-39(30)47(40,2)3)24-35(42)38-22-27(19-33(26)44(38)48)28-20-36-29-13-6-7-16-32(29)46(51)49-41-18-11-9-15-31(41)37(21-28)45(36)49/h4-20,22-25,28H,1,21H2,2-3H3. The molecule has 0 radical (unpaired) electrons. The van der Waals surface area contributed by atoms with E-state index >= 15 is 0 Å². The van der Waals surface area contributed by atoms with Gasteiger partial charge in [0.2, 0.25) is 0 Å². The van der Waals surface area contributed by atoms with Gasteiger partial charge in [0.15, 0.2) is 0 Å². The highest BCUT2D eigenvalue weighted by molar-refractivity contribution is 6.17. The molecule has 1 atom stereocenters. The molecule has 0 N–H and O–H groups in total. The molecule has 1 unspecified atom stereocenters. The zero-order valence-corrected chi connectivity index (χ0v) is 28.3. The van der Waals surface area contributed by atoms with Crippen molar-refractivity contribution in [3.05, 3.63) is 176 Å². The molecule has 0 fully saturated rings. The molecule has 242 valence electrons. The summed E-state index contributed by atoms with van der Waals surface area (Å²) in [6, 6.07) is 36.0. The molecule has 2 aliphatic rings. The van der Waals surface area contributed by atoms with Gasteiger partial charge in [-0.05, 0) is 87.1 Å². The molecule has 0 amide bonds. The molecule has 51 heavy (non-hydrogen) atoms. The van der Waals surface area contributed by atoms with Gasteiger partial charge in [-0.1, -0.05) is 105 Å². The summed E-state index contributed by atoms with van der Waals surface area (Å²) in [4.78, 5) is 28.0. The van der Waals surface area contributed by atoms with Gasteiger partial charge >= 0.3 is 0 Å². The summed E-state index contributed by atoms with van der Waals surface area (Å²) in [7, 11) is 0. The number of para-hydroxylation sites is 1. The highest BCUT2D eigenvalue weighted by atomic mass is 16.1. The third-order valence-corrected chi connectivity index (χ3v) is 11.9. The van der Waals surface area contributed by atoms with Gasteiger partial charge in [0.1, 0.15) is 0 Å². The minimum absolute atomic E-state index is 0.0306. The zero-order valence-electron chi connectivity index (χ0n) is 28.3. The van der Waals surface area contributed by atoms with Crippen LogP contribution in [0.5, 0.6) is 0 Å². The lowest BCUT2D eigenvalue weighted by Crippen LogP contribution is -2.24. The second-order valence-electron chi connectivity index (χ2n) is 14.8. The summed E-state index contributed by atoms with van der Waals surface area (Å²) < 4.78 is 3.87. The minimum atomic E-state index is -0.181. The Hall–Kier alpha value is -6.26. The Kier molecular flexibility index (Phi) is 5.44. The van der Waals surface area contributed by atoms with Crippen molar-refractivity contribution >= 4 is 66.5 Å². The molecule has 0 spiro atoms. The van der Waals surface area contributed by atoms with Gasteiger partial charge in [-0.15, -0.1) is 0 Å². The van der Waals surface area contributed by atoms with Crippen LogP contribution in [0.3, 0.4) is 0 Å². The van der Waals surface area contributed by atoms with Crippen molar-refractivity contribution in [1.29, 1.82) is 0 Å². The molecular formula is C47H32N2O2. The molecule has 11 rings (SSSR count). The zero-order chi connectivity index (χ0) is 34.3. The van der Waals surface area contributed by atoms with Crippen molar-refractivity contribution in [2.45, 2.75) is 31.6 Å². The van der Waals surface area contributed by atoms with Gasteiger partial charge < -0.3 is 0 Å². The third-order valence-electron chi connectivity index (χ3n) is 11.9. The molecule has 0 saturated heterocycles. The number of allylic oxidation sites excluding steroid dienone is 2. The number of hydrogen-bond acceptors (Lipinski definition) is 2. The molecule has 4 nitrogen and oxygen atoms in total. The molecule has 0 bridgehead atoms. The quantitative estimate of drug-likeness (QED) is 0.178. The summed E-state index contributed by atoms with van der Waals surface area (Å²) in [5, 5.41) is 7.16. The van der Waals surface area contributed by atoms with E-state index in [2.05, 4.69) is 99.3 Å². The largest absolute Gasteiger partial charge is 0.276 e. The van der Waals surface area contributed by atoms with Gasteiger partial charge in [-0.2, -0.15) is 0 Å². The summed E-state index contributed by atoms with van der Waals surface area (Å²) in [5.41, 5.74) is 12.0. The molecule has 0 saturated carbocycles. The van der Waals surface area contributed by atoms with Gasteiger partial charge in [-0.3, -0.25) is 18.4 Å². The number of fused-ring (bicyclic) bond motifs is 11. The lowest BCUT2D eigenvalue weighted by Gasteiger charge is -2.21. The van der Waals surface area contributed by atoms with Crippen LogP contribution in [-0.2, 0) is 11.8 Å². The topological polar surface area (TPSA) is 43.0 Å². The first-order valence-electron chi connectivity index (χ1n) is 17.7. The van der Waals surface area contributed by atoms with E-state index in [-0.39, 0.29) is 22.5 Å². The fraction of sp³-hybridized carbons (Fsp3) is 0.106. The van der Waals surface area contributed by atoms with Crippen LogP contribution >= 0.6 is 0 Å². The smallest absolute Gasteiger partial charge is 0.263 e. The molecule has 4 aromatic heterocycles. The van der Waals surface area contributed by atoms with Crippen LogP contribution in [0.4, 0.5) is 0 Å². The fourth-order valence-electron chi connectivity index (χ4n) is 9.63. The van der Waals surface area contributed by atoms with Gasteiger partial charge in [0.25, 0.3) is 11.1 Å². The predicted molar refractivity (Wildman–Crippen MR) is 211 cm³/mol. The van der Waals surface area contributed by atoms with E-state index < -0.39 is 0 Å². The minimum Gasteiger partial charge on any atom is -0.276 e. The highest BCUT2D eigenvalue weighted by Crippen LogP contribution is 2.51. The summed E-state index contributed by atoms with van der Waals surface area (Å²) in [5.74, 6) is 0.0448. The average Bonchev–Trinajstić information content (AvgIpc) is 3.75. The second-order valence-corrected chi connectivity index (χ2v) is 14.8. The van der Waals surface area contributed by atoms with Crippen LogP contribution in [0, 0.1) is 0 Å². The van der Waals surface area contributed by atoms with Crippen LogP contribution in [0.25, 0.3) is 77.7 Å². The van der Waals surface area contributed by atoms with Crippen molar-refractivity contribution in [1.82, 2.24) is 8.80 Å². The molecular weight excluding hydrogens is 625 g/mol. The first-order chi connectivity index (χ1) is 24.8. The van der Waals surface area contributed by atoms with Crippen LogP contribution in [0.2, 0.25) is 0 Å². The maximum atomic E-state index is 14.1. The number of rotatable bonds is 3. The third kappa shape index (κ3) is 3.54. The number of benzene rings is 5. The van der Waals surface area contributed by atoms with E-state index in [0.717, 1.165) is 71.6 Å². The Bertz CT molecular complexity index is 3260. The second kappa shape index (κ2) is 9.70. The number of aromatic nitrogens is 2. The SMILES string of the molecule is C=CC=Cc1cc(=O)n2c3cc4c(cc3c3cc(C5C=c6c7ccccc7c(=O)n7c6c(c6ccccc67)C5)cc1c32)-c1ccccc1C4(C)C. The van der Waals surface area contributed by atoms with E-state index in [0.29, 0.717) is 0 Å². The van der Waals surface area contributed by atoms with Gasteiger partial charge in [0.05, 0.1) is 22.1 Å². The lowest BCUT2D eigenvalue weighted by atomic mass is 9.82. The van der Waals surface area contributed by atoms with E-state index in [1.807, 2.05) is 45.2 Å². The maximum absolute atomic E-state index is 14.1. The van der Waals surface area contributed by atoms with Crippen molar-refractivity contribution in [3.63, 3.8) is 0 Å². The summed E-state index contributed by atoms with van der Waals surface area (Å²) in [6.45, 7) is 8.47. The summed E-state index contributed by atoms with van der Waals surface area (Å²) in [6.07, 6.45) is 8.80. The Morgan fingerprint density at radius 1 is 0.686 bits per heavy atom. The Morgan fingerprint density at radius 3 is 2.27 bits per heavy atom. The van der Waals surface area contributed by atoms with E-state index in [9.17, 15) is 9.59 Å². The molecule has 0 aliphatic heterocycles. The lowest BCUT2D eigenvalue weighted by molar-refractivity contribution is 0.661. The van der Waals surface area contributed by atoms with Gasteiger partial charge in [0, 0.05) is 49.5 Å². The number of pyridine rings is 2. The Morgan fingerprint density at radius 2 is 1.43 bits per heavy atom. The Labute approximate surface area is 292 Å². The first kappa shape index (κ1) is 28.6. The highest BCUT2D eigenvalue weighted by Gasteiger charge is 2.36. The fourth-order valence-corrected chi connectivity index (χ4v) is 9.63. The monoisotopic (exact) mass is 656 g/mol. The van der Waals surface area contributed by atoms with Crippen LogP contribution in [-0.4, -0.2) is 8.80 Å². The van der Waals surface area contributed by atoms with Crippen LogP contribution in [0.15, 0.2) is 131 Å². The van der Waals surface area contributed by atoms with Crippen molar-refractivity contribution in [2.75, 3.05) is 0 Å². The van der Waals surface area contributed by atoms with Crippen LogP contribution < -0.4 is 16.3 Å². The number of hydrogen-bond donors (Lipinski definition) is 0. The summed E-state index contributed by atoms with van der Waals surface area (Å²) >= 11 is 0. The van der Waals surface area contributed by atoms with Crippen LogP contribution in [0.1, 0.15) is 47.6 Å². The van der Waals surface area contributed by atoms with Gasteiger partial charge in [-0.25, -0.2) is 0 Å². The van der Waals surface area contributed by atoms with Crippen molar-refractivity contribution < 1.29 is 0 Å². The first-order valence-corrected chi connectivity index (χ1v) is 17.7. The normalized spacial score (nSPS) is 16.2. The molecule has 4 heteroatoms. The predicted octanol–water partition coefficient (Wildman–Crippen LogP) is 9.31. The average molecular weight is 657 g/mol. The molecule has 2 aliphatic carbocycles. The van der Waals surface area contributed by atoms with E-state index in [1.165, 1.54) is 33.4 Å². The molecule has 5 aromatic carbocycles. The van der Waals surface area contributed by atoms with Crippen molar-refractivity contribution in [2.24, 2.45) is 0 Å². The van der Waals surface area contributed by atoms with E-state index in [1.54, 1.807) is 12.1 Å². The number of nitrogens with zero attached hydrogens (tertiary/aromatic N) is 2. The van der Waals surface area contributed by atoms with Crippen molar-refractivity contribution in [3.8, 4) is 11.1 Å². The molecule has 4 heterocycles. The molecule has 9 aromatic rings. The Balaban J connectivity index is 1.26. The maximum Gasteiger partial charge on any atom is 0.263 e. The van der Waals surface area contributed by atoms with E-state index in [4.69, 9.17) is 0 Å².